The molecule has 0 unspecified atom stereocenters. The molecule has 108 valence electrons. The highest BCUT2D eigenvalue weighted by Crippen LogP contribution is 2.48. The summed E-state index contributed by atoms with van der Waals surface area (Å²) in [5.41, 5.74) is -0.836. The second kappa shape index (κ2) is 4.61. The average Bonchev–Trinajstić information content (AvgIpc) is 3.05. The second-order valence-electron chi connectivity index (χ2n) is 6.04. The van der Waals surface area contributed by atoms with E-state index in [-0.39, 0.29) is 17.6 Å². The molecule has 2 bridgehead atoms. The number of rotatable bonds is 2. The summed E-state index contributed by atoms with van der Waals surface area (Å²) in [6.45, 7) is 0. The largest absolute Gasteiger partial charge is 0.332 e. The van der Waals surface area contributed by atoms with Crippen molar-refractivity contribution in [3.63, 3.8) is 0 Å². The Morgan fingerprint density at radius 2 is 1.95 bits per heavy atom. The number of nitrogens with one attached hydrogen (secondary N) is 1. The fourth-order valence-electron chi connectivity index (χ4n) is 3.64. The van der Waals surface area contributed by atoms with Crippen LogP contribution in [0.15, 0.2) is 15.7 Å². The number of fused-ring (bicyclic) bond motifs is 2. The highest BCUT2D eigenvalue weighted by atomic mass is 16.2. The molecule has 1 aromatic heterocycles. The van der Waals surface area contributed by atoms with Crippen molar-refractivity contribution in [2.24, 2.45) is 31.8 Å². The van der Waals surface area contributed by atoms with Crippen LogP contribution in [0, 0.1) is 17.8 Å². The topological polar surface area (TPSA) is 73.1 Å². The molecule has 6 heteroatoms. The fraction of sp³-hybridized carbons (Fsp3) is 0.643. The number of aromatic nitrogens is 2. The minimum atomic E-state index is -0.430. The smallest absolute Gasteiger partial charge is 0.312 e. The summed E-state index contributed by atoms with van der Waals surface area (Å²) in [7, 11) is 2.98. The molecule has 3 atom stereocenters. The van der Waals surface area contributed by atoms with Gasteiger partial charge in [0.25, 0.3) is 5.56 Å². The van der Waals surface area contributed by atoms with Gasteiger partial charge < -0.3 is 5.32 Å². The Balaban J connectivity index is 1.83. The molecular weight excluding hydrogens is 258 g/mol. The number of carbonyl (C=O) groups excluding carboxylic acids is 1. The lowest BCUT2D eigenvalue weighted by Crippen LogP contribution is -2.39. The van der Waals surface area contributed by atoms with Gasteiger partial charge in [-0.2, -0.15) is 0 Å². The molecule has 6 nitrogen and oxygen atoms in total. The minimum absolute atomic E-state index is 0.0351. The van der Waals surface area contributed by atoms with Crippen LogP contribution in [0.25, 0.3) is 0 Å². The molecule has 2 fully saturated rings. The first-order chi connectivity index (χ1) is 9.47. The van der Waals surface area contributed by atoms with Crippen molar-refractivity contribution in [1.29, 1.82) is 0 Å². The highest BCUT2D eigenvalue weighted by Gasteiger charge is 2.43. The number of hydrogen-bond acceptors (Lipinski definition) is 3. The third kappa shape index (κ3) is 1.99. The Kier molecular flexibility index (Phi) is 3.03. The van der Waals surface area contributed by atoms with Gasteiger partial charge >= 0.3 is 5.69 Å². The molecule has 1 aromatic rings. The molecule has 0 saturated heterocycles. The van der Waals surface area contributed by atoms with Gasteiger partial charge in [-0.1, -0.05) is 6.42 Å². The molecule has 1 N–H and O–H groups in total. The minimum Gasteiger partial charge on any atom is -0.312 e. The Labute approximate surface area is 116 Å². The predicted octanol–water partition coefficient (Wildman–Crippen LogP) is 0.459. The molecule has 0 aromatic carbocycles. The maximum atomic E-state index is 12.3. The number of anilines is 1. The van der Waals surface area contributed by atoms with E-state index in [0.717, 1.165) is 23.8 Å². The SMILES string of the molecule is Cn1c(NC(=O)[C@@H]2C[C@@H]3CC[C@@H]2C3)cc(=O)n(C)c1=O. The maximum Gasteiger partial charge on any atom is 0.332 e. The first kappa shape index (κ1) is 13.1. The Morgan fingerprint density at radius 3 is 2.55 bits per heavy atom. The maximum absolute atomic E-state index is 12.3. The van der Waals surface area contributed by atoms with Gasteiger partial charge in [0.2, 0.25) is 5.91 Å². The van der Waals surface area contributed by atoms with Crippen molar-refractivity contribution < 1.29 is 4.79 Å². The second-order valence-corrected chi connectivity index (χ2v) is 6.04. The van der Waals surface area contributed by atoms with E-state index in [4.69, 9.17) is 0 Å². The molecule has 0 aliphatic heterocycles. The highest BCUT2D eigenvalue weighted by molar-refractivity contribution is 5.92. The van der Waals surface area contributed by atoms with Crippen LogP contribution in [0.1, 0.15) is 25.7 Å². The molecule has 2 aliphatic rings. The lowest BCUT2D eigenvalue weighted by molar-refractivity contribution is -0.121. The number of carbonyl (C=O) groups is 1. The third-order valence-electron chi connectivity index (χ3n) is 4.85. The molecule has 3 rings (SSSR count). The van der Waals surface area contributed by atoms with Gasteiger partial charge in [-0.25, -0.2) is 4.79 Å². The summed E-state index contributed by atoms with van der Waals surface area (Å²) in [6, 6.07) is 1.30. The Bertz CT molecular complexity index is 673. The van der Waals surface area contributed by atoms with Crippen molar-refractivity contribution in [3.8, 4) is 0 Å². The van der Waals surface area contributed by atoms with E-state index in [0.29, 0.717) is 11.8 Å². The van der Waals surface area contributed by atoms with Crippen LogP contribution < -0.4 is 16.6 Å². The predicted molar refractivity (Wildman–Crippen MR) is 74.5 cm³/mol. The zero-order chi connectivity index (χ0) is 14.4. The number of hydrogen-bond donors (Lipinski definition) is 1. The lowest BCUT2D eigenvalue weighted by atomic mass is 9.88. The van der Waals surface area contributed by atoms with Crippen molar-refractivity contribution in [2.75, 3.05) is 5.32 Å². The van der Waals surface area contributed by atoms with Crippen LogP contribution in [-0.2, 0) is 18.9 Å². The van der Waals surface area contributed by atoms with Crippen molar-refractivity contribution in [2.45, 2.75) is 25.7 Å². The average molecular weight is 277 g/mol. The number of nitrogens with zero attached hydrogens (tertiary/aromatic N) is 2. The summed E-state index contributed by atoms with van der Waals surface area (Å²) >= 11 is 0. The molecule has 0 spiro atoms. The van der Waals surface area contributed by atoms with Crippen molar-refractivity contribution in [3.05, 3.63) is 26.9 Å². The molecule has 2 saturated carbocycles. The molecular formula is C14H19N3O3. The van der Waals surface area contributed by atoms with Gasteiger partial charge in [-0.05, 0) is 31.1 Å². The van der Waals surface area contributed by atoms with Crippen molar-refractivity contribution in [1.82, 2.24) is 9.13 Å². The van der Waals surface area contributed by atoms with Gasteiger partial charge in [0, 0.05) is 26.1 Å². The van der Waals surface area contributed by atoms with Gasteiger partial charge in [-0.3, -0.25) is 18.7 Å². The van der Waals surface area contributed by atoms with E-state index in [9.17, 15) is 14.4 Å². The molecule has 20 heavy (non-hydrogen) atoms. The van der Waals surface area contributed by atoms with E-state index >= 15 is 0 Å². The van der Waals surface area contributed by atoms with E-state index in [1.165, 1.54) is 24.1 Å². The molecule has 1 heterocycles. The van der Waals surface area contributed by atoms with Gasteiger partial charge in [0.15, 0.2) is 0 Å². The zero-order valence-corrected chi connectivity index (χ0v) is 11.8. The summed E-state index contributed by atoms with van der Waals surface area (Å²) < 4.78 is 2.32. The van der Waals surface area contributed by atoms with Crippen molar-refractivity contribution >= 4 is 11.7 Å². The Hall–Kier alpha value is -1.85. The molecule has 1 amide bonds. The summed E-state index contributed by atoms with van der Waals surface area (Å²) in [6.07, 6.45) is 4.44. The fourth-order valence-corrected chi connectivity index (χ4v) is 3.64. The van der Waals surface area contributed by atoms with E-state index in [1.807, 2.05) is 0 Å². The zero-order valence-electron chi connectivity index (χ0n) is 11.8. The van der Waals surface area contributed by atoms with Crippen LogP contribution >= 0.6 is 0 Å². The van der Waals surface area contributed by atoms with Crippen LogP contribution in [0.2, 0.25) is 0 Å². The van der Waals surface area contributed by atoms with Crippen LogP contribution in [0.4, 0.5) is 5.82 Å². The molecule has 0 radical (unpaired) electrons. The lowest BCUT2D eigenvalue weighted by Gasteiger charge is -2.21. The van der Waals surface area contributed by atoms with Gasteiger partial charge in [-0.15, -0.1) is 0 Å². The number of amides is 1. The first-order valence-electron chi connectivity index (χ1n) is 7.05. The summed E-state index contributed by atoms with van der Waals surface area (Å²) in [5, 5.41) is 2.76. The van der Waals surface area contributed by atoms with Crippen LogP contribution in [-0.4, -0.2) is 15.0 Å². The van der Waals surface area contributed by atoms with Crippen LogP contribution in [0.3, 0.4) is 0 Å². The Morgan fingerprint density at radius 1 is 1.20 bits per heavy atom. The summed E-state index contributed by atoms with van der Waals surface area (Å²) in [5.74, 6) is 1.42. The monoisotopic (exact) mass is 277 g/mol. The van der Waals surface area contributed by atoms with E-state index in [1.54, 1.807) is 7.05 Å². The quantitative estimate of drug-likeness (QED) is 0.853. The third-order valence-corrected chi connectivity index (χ3v) is 4.85. The van der Waals surface area contributed by atoms with E-state index in [2.05, 4.69) is 5.32 Å². The normalized spacial score (nSPS) is 27.8. The van der Waals surface area contributed by atoms with Crippen LogP contribution in [0.5, 0.6) is 0 Å². The summed E-state index contributed by atoms with van der Waals surface area (Å²) in [4.78, 5) is 35.8. The first-order valence-corrected chi connectivity index (χ1v) is 7.05. The van der Waals surface area contributed by atoms with Gasteiger partial charge in [0.1, 0.15) is 5.82 Å². The molecule has 2 aliphatic carbocycles. The van der Waals surface area contributed by atoms with E-state index < -0.39 is 11.2 Å². The standard InChI is InChI=1S/C14H19N3O3/c1-16-11(7-12(18)17(2)14(16)20)15-13(19)10-6-8-3-4-9(10)5-8/h7-10H,3-6H2,1-2H3,(H,15,19)/t8-,9-,10-/m1/s1. The van der Waals surface area contributed by atoms with Gasteiger partial charge in [0.05, 0.1) is 0 Å².